The van der Waals surface area contributed by atoms with E-state index in [-0.39, 0.29) is 12.6 Å². The van der Waals surface area contributed by atoms with E-state index < -0.39 is 5.79 Å². The first-order valence-corrected chi connectivity index (χ1v) is 3.97. The van der Waals surface area contributed by atoms with Gasteiger partial charge in [-0.3, -0.25) is 0 Å². The molecule has 0 unspecified atom stereocenters. The monoisotopic (exact) mass is 159 g/mol. The number of ether oxygens (including phenoxy) is 2. The maximum Gasteiger partial charge on any atom is 0.182 e. The van der Waals surface area contributed by atoms with E-state index in [4.69, 9.17) is 14.6 Å². The summed E-state index contributed by atoms with van der Waals surface area (Å²) in [6, 6.07) is 0.146. The first-order valence-electron chi connectivity index (χ1n) is 3.97. The third-order valence-corrected chi connectivity index (χ3v) is 2.25. The lowest BCUT2D eigenvalue weighted by Crippen LogP contribution is -2.32. The van der Waals surface area contributed by atoms with Gasteiger partial charge >= 0.3 is 0 Å². The largest absolute Gasteiger partial charge is 0.395 e. The van der Waals surface area contributed by atoms with Crippen LogP contribution in [0.5, 0.6) is 0 Å². The predicted octanol–water partition coefficient (Wildman–Crippen LogP) is -0.916. The van der Waals surface area contributed by atoms with Crippen LogP contribution in [0.3, 0.4) is 0 Å². The lowest BCUT2D eigenvalue weighted by molar-refractivity contribution is -0.141. The van der Waals surface area contributed by atoms with Crippen LogP contribution in [0.25, 0.3) is 0 Å². The summed E-state index contributed by atoms with van der Waals surface area (Å²) in [5.74, 6) is -0.409. The van der Waals surface area contributed by atoms with E-state index in [0.717, 1.165) is 6.42 Å². The minimum atomic E-state index is -0.409. The fourth-order valence-corrected chi connectivity index (χ4v) is 1.67. The molecular weight excluding hydrogens is 146 g/mol. The standard InChI is InChI=1S/C7H13NO3/c9-4-6-3-7(5-8-6)10-1-2-11-7/h6,8-9H,1-5H2/t6-/m0/s1. The van der Waals surface area contributed by atoms with Crippen LogP contribution in [0, 0.1) is 0 Å². The van der Waals surface area contributed by atoms with Crippen molar-refractivity contribution in [2.45, 2.75) is 18.2 Å². The Bertz CT molecular complexity index is 145. The third kappa shape index (κ3) is 1.27. The van der Waals surface area contributed by atoms with E-state index in [1.807, 2.05) is 0 Å². The summed E-state index contributed by atoms with van der Waals surface area (Å²) in [6.45, 7) is 2.23. The first kappa shape index (κ1) is 7.49. The van der Waals surface area contributed by atoms with E-state index in [0.29, 0.717) is 19.8 Å². The van der Waals surface area contributed by atoms with Gasteiger partial charge in [0.15, 0.2) is 5.79 Å². The molecule has 0 saturated carbocycles. The molecule has 0 aromatic rings. The molecule has 4 heteroatoms. The molecule has 11 heavy (non-hydrogen) atoms. The van der Waals surface area contributed by atoms with Gasteiger partial charge in [0.25, 0.3) is 0 Å². The van der Waals surface area contributed by atoms with Gasteiger partial charge in [0.2, 0.25) is 0 Å². The van der Waals surface area contributed by atoms with Crippen molar-refractivity contribution in [3.63, 3.8) is 0 Å². The average molecular weight is 159 g/mol. The maximum atomic E-state index is 8.84. The summed E-state index contributed by atoms with van der Waals surface area (Å²) in [5.41, 5.74) is 0. The molecule has 1 atom stereocenters. The van der Waals surface area contributed by atoms with Crippen LogP contribution in [0.1, 0.15) is 6.42 Å². The summed E-state index contributed by atoms with van der Waals surface area (Å²) in [7, 11) is 0. The molecule has 0 aromatic carbocycles. The Morgan fingerprint density at radius 3 is 2.73 bits per heavy atom. The number of hydrogen-bond donors (Lipinski definition) is 2. The molecule has 2 rings (SSSR count). The van der Waals surface area contributed by atoms with E-state index in [9.17, 15) is 0 Å². The lowest BCUT2D eigenvalue weighted by Gasteiger charge is -2.19. The number of aliphatic hydroxyl groups is 1. The number of aliphatic hydroxyl groups excluding tert-OH is 1. The Morgan fingerprint density at radius 1 is 1.45 bits per heavy atom. The summed E-state index contributed by atoms with van der Waals surface area (Å²) in [4.78, 5) is 0. The second-order valence-corrected chi connectivity index (χ2v) is 3.07. The molecule has 0 amide bonds. The van der Waals surface area contributed by atoms with E-state index in [1.165, 1.54) is 0 Å². The van der Waals surface area contributed by atoms with Crippen LogP contribution in [0.4, 0.5) is 0 Å². The van der Waals surface area contributed by atoms with Gasteiger partial charge in [-0.2, -0.15) is 0 Å². The number of rotatable bonds is 1. The SMILES string of the molecule is OC[C@@H]1CC2(CN1)OCCO2. The molecule has 1 spiro atoms. The van der Waals surface area contributed by atoms with Crippen molar-refractivity contribution in [2.24, 2.45) is 0 Å². The second-order valence-electron chi connectivity index (χ2n) is 3.07. The molecule has 2 fully saturated rings. The molecular formula is C7H13NO3. The molecule has 0 bridgehead atoms. The normalized spacial score (nSPS) is 35.2. The molecule has 2 aliphatic heterocycles. The lowest BCUT2D eigenvalue weighted by atomic mass is 10.2. The van der Waals surface area contributed by atoms with Gasteiger partial charge in [-0.1, -0.05) is 0 Å². The Morgan fingerprint density at radius 2 is 2.18 bits per heavy atom. The van der Waals surface area contributed by atoms with Crippen molar-refractivity contribution >= 4 is 0 Å². The number of hydrogen-bond acceptors (Lipinski definition) is 4. The molecule has 2 N–H and O–H groups in total. The maximum absolute atomic E-state index is 8.84. The molecule has 0 aromatic heterocycles. The highest BCUT2D eigenvalue weighted by Crippen LogP contribution is 2.28. The van der Waals surface area contributed by atoms with E-state index >= 15 is 0 Å². The van der Waals surface area contributed by atoms with Crippen molar-refractivity contribution in [2.75, 3.05) is 26.4 Å². The molecule has 4 nitrogen and oxygen atoms in total. The average Bonchev–Trinajstić information content (AvgIpc) is 2.62. The molecule has 64 valence electrons. The highest BCUT2D eigenvalue weighted by atomic mass is 16.7. The van der Waals surface area contributed by atoms with Gasteiger partial charge in [-0.15, -0.1) is 0 Å². The Labute approximate surface area is 65.5 Å². The fourth-order valence-electron chi connectivity index (χ4n) is 1.67. The minimum absolute atomic E-state index is 0.146. The Hall–Kier alpha value is -0.160. The number of nitrogens with one attached hydrogen (secondary N) is 1. The fraction of sp³-hybridized carbons (Fsp3) is 1.00. The zero-order chi connectivity index (χ0) is 7.73. The summed E-state index contributed by atoms with van der Waals surface area (Å²) in [6.07, 6.45) is 0.767. The van der Waals surface area contributed by atoms with Crippen LogP contribution in [0.2, 0.25) is 0 Å². The zero-order valence-electron chi connectivity index (χ0n) is 6.38. The summed E-state index contributed by atoms with van der Waals surface area (Å²) in [5, 5.41) is 12.0. The quantitative estimate of drug-likeness (QED) is 0.519. The molecule has 2 aliphatic rings. The zero-order valence-corrected chi connectivity index (χ0v) is 6.38. The highest BCUT2D eigenvalue weighted by molar-refractivity contribution is 4.90. The predicted molar refractivity (Wildman–Crippen MR) is 38.1 cm³/mol. The second kappa shape index (κ2) is 2.71. The van der Waals surface area contributed by atoms with E-state index in [2.05, 4.69) is 5.32 Å². The molecule has 0 radical (unpaired) electrons. The van der Waals surface area contributed by atoms with Crippen LogP contribution >= 0.6 is 0 Å². The smallest absolute Gasteiger partial charge is 0.182 e. The van der Waals surface area contributed by atoms with Gasteiger partial charge in [0.05, 0.1) is 26.4 Å². The van der Waals surface area contributed by atoms with Gasteiger partial charge in [0, 0.05) is 12.5 Å². The van der Waals surface area contributed by atoms with Gasteiger partial charge in [-0.25, -0.2) is 0 Å². The van der Waals surface area contributed by atoms with Crippen molar-refractivity contribution in [1.82, 2.24) is 5.32 Å². The van der Waals surface area contributed by atoms with Crippen LogP contribution in [0.15, 0.2) is 0 Å². The van der Waals surface area contributed by atoms with Gasteiger partial charge in [0.1, 0.15) is 0 Å². The summed E-state index contributed by atoms with van der Waals surface area (Å²) < 4.78 is 10.9. The van der Waals surface area contributed by atoms with Crippen molar-refractivity contribution in [3.05, 3.63) is 0 Å². The molecule has 0 aliphatic carbocycles. The van der Waals surface area contributed by atoms with E-state index in [1.54, 1.807) is 0 Å². The van der Waals surface area contributed by atoms with Crippen molar-refractivity contribution in [1.29, 1.82) is 0 Å². The summed E-state index contributed by atoms with van der Waals surface area (Å²) >= 11 is 0. The van der Waals surface area contributed by atoms with Crippen LogP contribution in [-0.2, 0) is 9.47 Å². The van der Waals surface area contributed by atoms with Crippen LogP contribution < -0.4 is 5.32 Å². The topological polar surface area (TPSA) is 50.7 Å². The molecule has 2 saturated heterocycles. The van der Waals surface area contributed by atoms with Crippen molar-refractivity contribution in [3.8, 4) is 0 Å². The van der Waals surface area contributed by atoms with Crippen molar-refractivity contribution < 1.29 is 14.6 Å². The van der Waals surface area contributed by atoms with Gasteiger partial charge < -0.3 is 19.9 Å². The van der Waals surface area contributed by atoms with Crippen LogP contribution in [-0.4, -0.2) is 43.3 Å². The third-order valence-electron chi connectivity index (χ3n) is 2.25. The highest BCUT2D eigenvalue weighted by Gasteiger charge is 2.43. The minimum Gasteiger partial charge on any atom is -0.395 e. The first-order chi connectivity index (χ1) is 5.35. The Balaban J connectivity index is 1.96. The molecule has 2 heterocycles. The van der Waals surface area contributed by atoms with Gasteiger partial charge in [-0.05, 0) is 0 Å². The Kier molecular flexibility index (Phi) is 1.85.